The second-order valence-corrected chi connectivity index (χ2v) is 8.01. The Morgan fingerprint density at radius 2 is 1.94 bits per heavy atom. The zero-order chi connectivity index (χ0) is 21.4. The minimum Gasteiger partial charge on any atom is -0.489 e. The van der Waals surface area contributed by atoms with Crippen molar-refractivity contribution in [1.82, 2.24) is 10.3 Å². The van der Waals surface area contributed by atoms with Crippen LogP contribution < -0.4 is 10.1 Å². The number of H-pyrrole nitrogens is 1. The average Bonchev–Trinajstić information content (AvgIpc) is 3.17. The van der Waals surface area contributed by atoms with Gasteiger partial charge in [-0.05, 0) is 41.8 Å². The fraction of sp³-hybridized carbons (Fsp3) is 0.167. The molecule has 7 heteroatoms. The van der Waals surface area contributed by atoms with Gasteiger partial charge in [-0.3, -0.25) is 10.1 Å². The Labute approximate surface area is 184 Å². The summed E-state index contributed by atoms with van der Waals surface area (Å²) in [4.78, 5) is 14.4. The van der Waals surface area contributed by atoms with Crippen LogP contribution in [0.25, 0.3) is 10.9 Å². The van der Waals surface area contributed by atoms with Crippen molar-refractivity contribution in [3.05, 3.63) is 104 Å². The van der Waals surface area contributed by atoms with Gasteiger partial charge in [0, 0.05) is 45.9 Å². The number of non-ortho nitro benzene ring substituents is 1. The third-order valence-corrected chi connectivity index (χ3v) is 6.02. The fourth-order valence-electron chi connectivity index (χ4n) is 4.17. The topological polar surface area (TPSA) is 80.2 Å². The SMILES string of the molecule is O=[N+]([O-])c1ccc(Cl)c(C2NCCc3c2[nH]c2ccc(OCc4ccccc4)cc32)c1. The molecule has 1 aromatic heterocycles. The number of nitrogens with one attached hydrogen (secondary N) is 2. The number of fused-ring (bicyclic) bond motifs is 3. The Hall–Kier alpha value is -3.35. The molecule has 4 aromatic rings. The zero-order valence-electron chi connectivity index (χ0n) is 16.6. The lowest BCUT2D eigenvalue weighted by atomic mass is 9.94. The number of nitro benzene ring substituents is 1. The van der Waals surface area contributed by atoms with Crippen LogP contribution in [0, 0.1) is 10.1 Å². The molecule has 3 aromatic carbocycles. The number of nitrogens with zero attached hydrogens (tertiary/aromatic N) is 1. The highest BCUT2D eigenvalue weighted by molar-refractivity contribution is 6.31. The summed E-state index contributed by atoms with van der Waals surface area (Å²) in [6, 6.07) is 20.4. The van der Waals surface area contributed by atoms with Gasteiger partial charge in [-0.2, -0.15) is 0 Å². The molecule has 0 aliphatic carbocycles. The van der Waals surface area contributed by atoms with Gasteiger partial charge in [0.25, 0.3) is 5.69 Å². The highest BCUT2D eigenvalue weighted by Crippen LogP contribution is 2.38. The molecular formula is C24H20ClN3O3. The lowest BCUT2D eigenvalue weighted by Crippen LogP contribution is -2.30. The van der Waals surface area contributed by atoms with Crippen molar-refractivity contribution in [2.24, 2.45) is 0 Å². The second-order valence-electron chi connectivity index (χ2n) is 7.60. The molecule has 5 rings (SSSR count). The van der Waals surface area contributed by atoms with E-state index in [2.05, 4.69) is 16.4 Å². The standard InChI is InChI=1S/C24H20ClN3O3/c25-21-8-6-16(28(29)30)12-20(21)23-24-18(10-11-26-23)19-13-17(7-9-22(19)27-24)31-14-15-4-2-1-3-5-15/h1-9,12-13,23,26-27H,10-11,14H2. The maximum Gasteiger partial charge on any atom is 0.269 e. The zero-order valence-corrected chi connectivity index (χ0v) is 17.4. The van der Waals surface area contributed by atoms with Crippen molar-refractivity contribution >= 4 is 28.2 Å². The van der Waals surface area contributed by atoms with Crippen LogP contribution in [0.3, 0.4) is 0 Å². The summed E-state index contributed by atoms with van der Waals surface area (Å²) in [6.45, 7) is 1.26. The highest BCUT2D eigenvalue weighted by Gasteiger charge is 2.28. The summed E-state index contributed by atoms with van der Waals surface area (Å²) in [7, 11) is 0. The molecule has 0 fully saturated rings. The van der Waals surface area contributed by atoms with Crippen molar-refractivity contribution in [2.75, 3.05) is 6.54 Å². The van der Waals surface area contributed by atoms with Crippen molar-refractivity contribution in [3.8, 4) is 5.75 Å². The smallest absolute Gasteiger partial charge is 0.269 e. The predicted octanol–water partition coefficient (Wildman–Crippen LogP) is 5.54. The number of hydrogen-bond acceptors (Lipinski definition) is 4. The van der Waals surface area contributed by atoms with Crippen molar-refractivity contribution in [2.45, 2.75) is 19.1 Å². The Morgan fingerprint density at radius 3 is 2.74 bits per heavy atom. The molecule has 0 saturated carbocycles. The van der Waals surface area contributed by atoms with Gasteiger partial charge in [-0.15, -0.1) is 0 Å². The first kappa shape index (κ1) is 19.6. The Bertz CT molecular complexity index is 1270. The molecular weight excluding hydrogens is 414 g/mol. The van der Waals surface area contributed by atoms with E-state index >= 15 is 0 Å². The van der Waals surface area contributed by atoms with E-state index in [1.54, 1.807) is 12.1 Å². The number of nitro groups is 1. The van der Waals surface area contributed by atoms with Crippen LogP contribution in [0.4, 0.5) is 5.69 Å². The van der Waals surface area contributed by atoms with Gasteiger partial charge in [0.1, 0.15) is 12.4 Å². The number of aromatic amines is 1. The minimum absolute atomic E-state index is 0.0287. The van der Waals surface area contributed by atoms with Crippen LogP contribution in [0.2, 0.25) is 5.02 Å². The van der Waals surface area contributed by atoms with E-state index < -0.39 is 4.92 Å². The first-order valence-electron chi connectivity index (χ1n) is 10.1. The normalized spacial score (nSPS) is 15.6. The number of ether oxygens (including phenoxy) is 1. The summed E-state index contributed by atoms with van der Waals surface area (Å²) in [5, 5.41) is 16.3. The molecule has 0 saturated heterocycles. The van der Waals surface area contributed by atoms with Gasteiger partial charge in [0.15, 0.2) is 0 Å². The molecule has 0 spiro atoms. The number of halogens is 1. The molecule has 1 aliphatic heterocycles. The van der Waals surface area contributed by atoms with Crippen molar-refractivity contribution in [1.29, 1.82) is 0 Å². The molecule has 1 atom stereocenters. The first-order valence-corrected chi connectivity index (χ1v) is 10.5. The lowest BCUT2D eigenvalue weighted by molar-refractivity contribution is -0.384. The molecule has 2 N–H and O–H groups in total. The van der Waals surface area contributed by atoms with Gasteiger partial charge in [-0.1, -0.05) is 41.9 Å². The van der Waals surface area contributed by atoms with E-state index in [1.165, 1.54) is 11.6 Å². The van der Waals surface area contributed by atoms with E-state index in [4.69, 9.17) is 16.3 Å². The van der Waals surface area contributed by atoms with Crippen LogP contribution in [-0.4, -0.2) is 16.5 Å². The molecule has 0 bridgehead atoms. The minimum atomic E-state index is -0.398. The van der Waals surface area contributed by atoms with Gasteiger partial charge >= 0.3 is 0 Å². The molecule has 6 nitrogen and oxygen atoms in total. The molecule has 1 aliphatic rings. The van der Waals surface area contributed by atoms with Gasteiger partial charge in [0.05, 0.1) is 11.0 Å². The Kier molecular flexibility index (Phi) is 5.10. The average molecular weight is 434 g/mol. The maximum atomic E-state index is 11.3. The van der Waals surface area contributed by atoms with E-state index in [0.717, 1.165) is 40.9 Å². The van der Waals surface area contributed by atoms with E-state index in [-0.39, 0.29) is 11.7 Å². The van der Waals surface area contributed by atoms with Gasteiger partial charge in [-0.25, -0.2) is 0 Å². The van der Waals surface area contributed by atoms with Crippen molar-refractivity contribution in [3.63, 3.8) is 0 Å². The Morgan fingerprint density at radius 1 is 1.10 bits per heavy atom. The predicted molar refractivity (Wildman–Crippen MR) is 121 cm³/mol. The third kappa shape index (κ3) is 3.76. The molecule has 0 radical (unpaired) electrons. The summed E-state index contributed by atoms with van der Waals surface area (Å²) >= 11 is 6.43. The molecule has 0 amide bonds. The number of benzene rings is 3. The second kappa shape index (κ2) is 8.06. The maximum absolute atomic E-state index is 11.3. The summed E-state index contributed by atoms with van der Waals surface area (Å²) in [5.74, 6) is 0.807. The van der Waals surface area contributed by atoms with Crippen LogP contribution in [0.15, 0.2) is 66.7 Å². The first-order chi connectivity index (χ1) is 15.1. The lowest BCUT2D eigenvalue weighted by Gasteiger charge is -2.25. The number of aromatic nitrogens is 1. The summed E-state index contributed by atoms with van der Waals surface area (Å²) in [6.07, 6.45) is 0.848. The summed E-state index contributed by atoms with van der Waals surface area (Å²) < 4.78 is 6.01. The Balaban J connectivity index is 1.50. The highest BCUT2D eigenvalue weighted by atomic mass is 35.5. The quantitative estimate of drug-likeness (QED) is 0.319. The van der Waals surface area contributed by atoms with E-state index in [0.29, 0.717) is 17.2 Å². The van der Waals surface area contributed by atoms with E-state index in [9.17, 15) is 10.1 Å². The molecule has 156 valence electrons. The van der Waals surface area contributed by atoms with Gasteiger partial charge < -0.3 is 15.0 Å². The van der Waals surface area contributed by atoms with Gasteiger partial charge in [0.2, 0.25) is 0 Å². The molecule has 31 heavy (non-hydrogen) atoms. The van der Waals surface area contributed by atoms with Crippen LogP contribution in [-0.2, 0) is 13.0 Å². The monoisotopic (exact) mass is 433 g/mol. The van der Waals surface area contributed by atoms with E-state index in [1.807, 2.05) is 42.5 Å². The molecule has 1 unspecified atom stereocenters. The van der Waals surface area contributed by atoms with Crippen LogP contribution >= 0.6 is 11.6 Å². The third-order valence-electron chi connectivity index (χ3n) is 5.67. The summed E-state index contributed by atoms with van der Waals surface area (Å²) in [5.41, 5.74) is 5.02. The fourth-order valence-corrected chi connectivity index (χ4v) is 4.40. The van der Waals surface area contributed by atoms with Crippen LogP contribution in [0.1, 0.15) is 28.4 Å². The molecule has 2 heterocycles. The number of rotatable bonds is 5. The largest absolute Gasteiger partial charge is 0.489 e. The van der Waals surface area contributed by atoms with Crippen LogP contribution in [0.5, 0.6) is 5.75 Å². The van der Waals surface area contributed by atoms with Crippen molar-refractivity contribution < 1.29 is 9.66 Å². The number of hydrogen-bond donors (Lipinski definition) is 2.